The lowest BCUT2D eigenvalue weighted by molar-refractivity contribution is -0.136. The van der Waals surface area contributed by atoms with E-state index < -0.39 is 23.9 Å². The molecule has 1 saturated heterocycles. The first-order valence-electron chi connectivity index (χ1n) is 10.9. The lowest BCUT2D eigenvalue weighted by atomic mass is 9.95. The number of benzene rings is 2. The Labute approximate surface area is 190 Å². The van der Waals surface area contributed by atoms with Gasteiger partial charge in [0.25, 0.3) is 5.91 Å². The lowest BCUT2D eigenvalue weighted by Crippen LogP contribution is -2.43. The van der Waals surface area contributed by atoms with Crippen molar-refractivity contribution in [2.45, 2.75) is 25.0 Å². The van der Waals surface area contributed by atoms with Crippen LogP contribution in [0.4, 0.5) is 10.1 Å². The van der Waals surface area contributed by atoms with Crippen molar-refractivity contribution in [2.75, 3.05) is 24.5 Å². The molecule has 2 aromatic carbocycles. The third kappa shape index (κ3) is 4.67. The number of aliphatic hydroxyl groups is 2. The van der Waals surface area contributed by atoms with Crippen LogP contribution >= 0.6 is 0 Å². The van der Waals surface area contributed by atoms with Crippen molar-refractivity contribution in [2.24, 2.45) is 13.0 Å². The van der Waals surface area contributed by atoms with Crippen LogP contribution in [0.3, 0.4) is 0 Å². The maximum Gasteiger partial charge on any atom is 0.252 e. The number of para-hydroxylation sites is 2. The molecule has 1 aliphatic rings. The van der Waals surface area contributed by atoms with E-state index in [2.05, 4.69) is 10.3 Å². The second-order valence-electron chi connectivity index (χ2n) is 8.36. The molecule has 1 fully saturated rings. The maximum atomic E-state index is 13.4. The number of aliphatic hydroxyl groups excluding tert-OH is 2. The van der Waals surface area contributed by atoms with Crippen LogP contribution in [-0.4, -0.2) is 51.4 Å². The number of carbonyl (C=O) groups excluding carboxylic acids is 1. The van der Waals surface area contributed by atoms with Crippen molar-refractivity contribution < 1.29 is 19.4 Å². The van der Waals surface area contributed by atoms with Crippen LogP contribution in [0.5, 0.6) is 0 Å². The van der Waals surface area contributed by atoms with Crippen LogP contribution in [0, 0.1) is 23.1 Å². The van der Waals surface area contributed by atoms with Crippen LogP contribution in [0.15, 0.2) is 42.5 Å². The summed E-state index contributed by atoms with van der Waals surface area (Å²) < 4.78 is 15.1. The number of rotatable bonds is 6. The first kappa shape index (κ1) is 22.7. The fourth-order valence-electron chi connectivity index (χ4n) is 4.31. The number of carbonyl (C=O) groups is 1. The predicted octanol–water partition coefficient (Wildman–Crippen LogP) is 2.01. The molecule has 3 aromatic rings. The Morgan fingerprint density at radius 2 is 2.00 bits per heavy atom. The van der Waals surface area contributed by atoms with Gasteiger partial charge in [-0.3, -0.25) is 4.79 Å². The van der Waals surface area contributed by atoms with Crippen molar-refractivity contribution in [3.05, 3.63) is 59.7 Å². The van der Waals surface area contributed by atoms with Gasteiger partial charge in [-0.05, 0) is 49.1 Å². The summed E-state index contributed by atoms with van der Waals surface area (Å²) in [5.74, 6) is -0.675. The number of nitrogens with one attached hydrogen (secondary N) is 1. The van der Waals surface area contributed by atoms with Crippen LogP contribution in [0.1, 0.15) is 30.3 Å². The second kappa shape index (κ2) is 9.57. The molecule has 33 heavy (non-hydrogen) atoms. The number of imidazole rings is 1. The summed E-state index contributed by atoms with van der Waals surface area (Å²) in [6.07, 6.45) is -1.55. The van der Waals surface area contributed by atoms with E-state index in [1.807, 2.05) is 29.2 Å². The lowest BCUT2D eigenvalue weighted by Gasteiger charge is -2.34. The average molecular weight is 452 g/mol. The van der Waals surface area contributed by atoms with E-state index in [0.717, 1.165) is 18.4 Å². The molecule has 0 saturated carbocycles. The summed E-state index contributed by atoms with van der Waals surface area (Å²) >= 11 is 0. The zero-order chi connectivity index (χ0) is 23.5. The highest BCUT2D eigenvalue weighted by molar-refractivity contribution is 5.82. The van der Waals surface area contributed by atoms with Crippen molar-refractivity contribution in [3.63, 3.8) is 0 Å². The van der Waals surface area contributed by atoms with Crippen molar-refractivity contribution in [3.8, 4) is 6.07 Å². The summed E-state index contributed by atoms with van der Waals surface area (Å²) in [5, 5.41) is 33.0. The standard InChI is InChI=1S/C24H26FN5O3/c1-29-20-5-3-2-4-18(20)28-23(29)21(31)22(32)24(33)27-14-15-8-10-30(11-9-15)19-7-6-17(25)12-16(19)13-26/h2-7,12,15,21-22,31-32H,8-11,14H2,1H3,(H,27,33)/t21-,22-/m1/s1. The minimum Gasteiger partial charge on any atom is -0.382 e. The molecule has 2 heterocycles. The van der Waals surface area contributed by atoms with Gasteiger partial charge in [-0.25, -0.2) is 9.37 Å². The van der Waals surface area contributed by atoms with Gasteiger partial charge in [0.1, 0.15) is 23.8 Å². The van der Waals surface area contributed by atoms with Crippen LogP contribution in [-0.2, 0) is 11.8 Å². The number of amides is 1. The molecule has 8 nitrogen and oxygen atoms in total. The molecule has 0 radical (unpaired) electrons. The molecule has 2 atom stereocenters. The SMILES string of the molecule is Cn1c([C@H](O)[C@@H](O)C(=O)NCC2CCN(c3ccc(F)cc3C#N)CC2)nc2ccccc21. The quantitative estimate of drug-likeness (QED) is 0.528. The predicted molar refractivity (Wildman–Crippen MR) is 121 cm³/mol. The van der Waals surface area contributed by atoms with Gasteiger partial charge < -0.3 is 25.0 Å². The first-order chi connectivity index (χ1) is 15.9. The van der Waals surface area contributed by atoms with Crippen molar-refractivity contribution >= 4 is 22.6 Å². The number of nitrogens with zero attached hydrogens (tertiary/aromatic N) is 4. The number of aryl methyl sites for hydroxylation is 1. The summed E-state index contributed by atoms with van der Waals surface area (Å²) in [6, 6.07) is 13.6. The smallest absolute Gasteiger partial charge is 0.252 e. The highest BCUT2D eigenvalue weighted by Crippen LogP contribution is 2.27. The zero-order valence-electron chi connectivity index (χ0n) is 18.3. The minimum absolute atomic E-state index is 0.191. The van der Waals surface area contributed by atoms with Gasteiger partial charge in [0.2, 0.25) is 0 Å². The van der Waals surface area contributed by atoms with E-state index in [4.69, 9.17) is 0 Å². The Balaban J connectivity index is 1.31. The van der Waals surface area contributed by atoms with E-state index in [1.54, 1.807) is 23.7 Å². The van der Waals surface area contributed by atoms with Gasteiger partial charge in [-0.1, -0.05) is 12.1 Å². The summed E-state index contributed by atoms with van der Waals surface area (Å²) in [4.78, 5) is 18.9. The molecular weight excluding hydrogens is 425 g/mol. The maximum absolute atomic E-state index is 13.4. The van der Waals surface area contributed by atoms with Crippen LogP contribution in [0.2, 0.25) is 0 Å². The number of nitriles is 1. The number of fused-ring (bicyclic) bond motifs is 1. The van der Waals surface area contributed by atoms with E-state index in [1.165, 1.54) is 12.1 Å². The molecular formula is C24H26FN5O3. The minimum atomic E-state index is -1.64. The van der Waals surface area contributed by atoms with Crippen molar-refractivity contribution in [1.29, 1.82) is 5.26 Å². The molecule has 4 rings (SSSR count). The van der Waals surface area contributed by atoms with Gasteiger partial charge in [-0.2, -0.15) is 5.26 Å². The largest absolute Gasteiger partial charge is 0.382 e. The molecule has 1 aliphatic heterocycles. The Morgan fingerprint density at radius 1 is 1.27 bits per heavy atom. The number of halogens is 1. The van der Waals surface area contributed by atoms with Crippen LogP contribution in [0.25, 0.3) is 11.0 Å². The summed E-state index contributed by atoms with van der Waals surface area (Å²) in [5.41, 5.74) is 2.49. The van der Waals surface area contributed by atoms with Gasteiger partial charge in [0.05, 0.1) is 22.3 Å². The Kier molecular flexibility index (Phi) is 6.58. The molecule has 1 aromatic heterocycles. The van der Waals surface area contributed by atoms with E-state index in [0.29, 0.717) is 36.4 Å². The molecule has 9 heteroatoms. The summed E-state index contributed by atoms with van der Waals surface area (Å²) in [6.45, 7) is 1.71. The molecule has 1 amide bonds. The number of aromatic nitrogens is 2. The highest BCUT2D eigenvalue weighted by atomic mass is 19.1. The first-order valence-corrected chi connectivity index (χ1v) is 10.9. The van der Waals surface area contributed by atoms with E-state index in [-0.39, 0.29) is 11.7 Å². The molecule has 3 N–H and O–H groups in total. The highest BCUT2D eigenvalue weighted by Gasteiger charge is 2.30. The van der Waals surface area contributed by atoms with Gasteiger partial charge in [-0.15, -0.1) is 0 Å². The summed E-state index contributed by atoms with van der Waals surface area (Å²) in [7, 11) is 1.73. The molecule has 0 bridgehead atoms. The topological polar surface area (TPSA) is 114 Å². The molecule has 0 spiro atoms. The van der Waals surface area contributed by atoms with E-state index in [9.17, 15) is 24.7 Å². The number of hydrogen-bond acceptors (Lipinski definition) is 6. The van der Waals surface area contributed by atoms with Crippen molar-refractivity contribution in [1.82, 2.24) is 14.9 Å². The number of hydrogen-bond donors (Lipinski definition) is 3. The molecule has 172 valence electrons. The van der Waals surface area contributed by atoms with Gasteiger partial charge in [0, 0.05) is 26.7 Å². The Bertz CT molecular complexity index is 1200. The fourth-order valence-corrected chi connectivity index (χ4v) is 4.31. The fraction of sp³-hybridized carbons (Fsp3) is 0.375. The number of piperidine rings is 1. The normalized spacial score (nSPS) is 16.4. The van der Waals surface area contributed by atoms with Crippen LogP contribution < -0.4 is 10.2 Å². The zero-order valence-corrected chi connectivity index (χ0v) is 18.3. The second-order valence-corrected chi connectivity index (χ2v) is 8.36. The third-order valence-corrected chi connectivity index (χ3v) is 6.25. The number of anilines is 1. The third-order valence-electron chi connectivity index (χ3n) is 6.25. The molecule has 0 aliphatic carbocycles. The van der Waals surface area contributed by atoms with Gasteiger partial charge >= 0.3 is 0 Å². The monoisotopic (exact) mass is 451 g/mol. The average Bonchev–Trinajstić information content (AvgIpc) is 3.18. The Hall–Kier alpha value is -3.48. The molecule has 0 unspecified atom stereocenters. The van der Waals surface area contributed by atoms with Gasteiger partial charge in [0.15, 0.2) is 6.10 Å². The Morgan fingerprint density at radius 3 is 2.70 bits per heavy atom. The van der Waals surface area contributed by atoms with E-state index >= 15 is 0 Å².